The molecular weight excluding hydrogens is 254 g/mol. The number of phenols is 1. The SMILES string of the molecule is CN[C@@H](C)Cc1ccccc1Sc1ccc(O)cc1. The summed E-state index contributed by atoms with van der Waals surface area (Å²) in [6.45, 7) is 2.18. The summed E-state index contributed by atoms with van der Waals surface area (Å²) in [6, 6.07) is 16.3. The Bertz CT molecular complexity index is 525. The second-order valence-electron chi connectivity index (χ2n) is 4.60. The molecule has 2 nitrogen and oxygen atoms in total. The summed E-state index contributed by atoms with van der Waals surface area (Å²) in [6.07, 6.45) is 1.01. The van der Waals surface area contributed by atoms with E-state index in [1.54, 1.807) is 23.9 Å². The van der Waals surface area contributed by atoms with E-state index < -0.39 is 0 Å². The van der Waals surface area contributed by atoms with E-state index in [1.165, 1.54) is 10.5 Å². The minimum atomic E-state index is 0.307. The number of hydrogen-bond acceptors (Lipinski definition) is 3. The van der Waals surface area contributed by atoms with Crippen molar-refractivity contribution in [3.63, 3.8) is 0 Å². The third kappa shape index (κ3) is 4.01. The molecule has 0 heterocycles. The Morgan fingerprint density at radius 3 is 2.47 bits per heavy atom. The van der Waals surface area contributed by atoms with Gasteiger partial charge in [-0.1, -0.05) is 30.0 Å². The van der Waals surface area contributed by atoms with Crippen LogP contribution in [0.1, 0.15) is 12.5 Å². The molecule has 0 aliphatic carbocycles. The van der Waals surface area contributed by atoms with Crippen LogP contribution in [0.4, 0.5) is 0 Å². The molecule has 2 rings (SSSR count). The molecule has 0 unspecified atom stereocenters. The zero-order valence-electron chi connectivity index (χ0n) is 11.3. The molecule has 1 atom stereocenters. The van der Waals surface area contributed by atoms with Crippen LogP contribution in [0.25, 0.3) is 0 Å². The highest BCUT2D eigenvalue weighted by molar-refractivity contribution is 7.99. The van der Waals surface area contributed by atoms with Crippen LogP contribution < -0.4 is 5.32 Å². The molecule has 0 spiro atoms. The summed E-state index contributed by atoms with van der Waals surface area (Å²) in [5.41, 5.74) is 1.35. The van der Waals surface area contributed by atoms with Gasteiger partial charge in [-0.05, 0) is 56.3 Å². The average Bonchev–Trinajstić information content (AvgIpc) is 2.43. The maximum Gasteiger partial charge on any atom is 0.115 e. The van der Waals surface area contributed by atoms with Gasteiger partial charge < -0.3 is 10.4 Å². The maximum atomic E-state index is 9.31. The number of phenolic OH excluding ortho intramolecular Hbond substituents is 1. The first-order valence-electron chi connectivity index (χ1n) is 6.41. The fourth-order valence-corrected chi connectivity index (χ4v) is 2.80. The lowest BCUT2D eigenvalue weighted by molar-refractivity contribution is 0.475. The second kappa shape index (κ2) is 6.64. The number of rotatable bonds is 5. The predicted molar refractivity (Wildman–Crippen MR) is 80.9 cm³/mol. The molecule has 0 radical (unpaired) electrons. The zero-order chi connectivity index (χ0) is 13.7. The van der Waals surface area contributed by atoms with Gasteiger partial charge in [0.15, 0.2) is 0 Å². The minimum absolute atomic E-state index is 0.307. The van der Waals surface area contributed by atoms with Crippen molar-refractivity contribution in [3.05, 3.63) is 54.1 Å². The van der Waals surface area contributed by atoms with E-state index in [0.29, 0.717) is 11.8 Å². The molecule has 0 fully saturated rings. The molecule has 0 amide bonds. The van der Waals surface area contributed by atoms with Crippen LogP contribution in [0.5, 0.6) is 5.75 Å². The van der Waals surface area contributed by atoms with Crippen molar-refractivity contribution < 1.29 is 5.11 Å². The van der Waals surface area contributed by atoms with Gasteiger partial charge in [0, 0.05) is 15.8 Å². The Hall–Kier alpha value is -1.45. The molecule has 0 aliphatic rings. The summed E-state index contributed by atoms with van der Waals surface area (Å²) in [5.74, 6) is 0.307. The van der Waals surface area contributed by atoms with Crippen LogP contribution in [0, 0.1) is 0 Å². The highest BCUT2D eigenvalue weighted by atomic mass is 32.2. The standard InChI is InChI=1S/C16H19NOS/c1-12(17-2)11-13-5-3-4-6-16(13)19-15-9-7-14(18)8-10-15/h3-10,12,17-18H,11H2,1-2H3/t12-/m0/s1. The fourth-order valence-electron chi connectivity index (χ4n) is 1.85. The lowest BCUT2D eigenvalue weighted by atomic mass is 10.1. The Labute approximate surface area is 118 Å². The smallest absolute Gasteiger partial charge is 0.115 e. The van der Waals surface area contributed by atoms with E-state index in [4.69, 9.17) is 0 Å². The van der Waals surface area contributed by atoms with E-state index >= 15 is 0 Å². The summed E-state index contributed by atoms with van der Waals surface area (Å²) in [7, 11) is 1.99. The van der Waals surface area contributed by atoms with Gasteiger partial charge in [-0.3, -0.25) is 0 Å². The minimum Gasteiger partial charge on any atom is -0.508 e. The maximum absolute atomic E-state index is 9.31. The van der Waals surface area contributed by atoms with Crippen LogP contribution in [0.2, 0.25) is 0 Å². The number of nitrogens with one attached hydrogen (secondary N) is 1. The highest BCUT2D eigenvalue weighted by Crippen LogP contribution is 2.31. The van der Waals surface area contributed by atoms with Crippen molar-refractivity contribution in [2.75, 3.05) is 7.05 Å². The van der Waals surface area contributed by atoms with Crippen LogP contribution in [-0.2, 0) is 6.42 Å². The molecule has 2 N–H and O–H groups in total. The van der Waals surface area contributed by atoms with Crippen LogP contribution in [0.3, 0.4) is 0 Å². The molecule has 19 heavy (non-hydrogen) atoms. The molecule has 0 aromatic heterocycles. The molecule has 100 valence electrons. The Morgan fingerprint density at radius 2 is 1.79 bits per heavy atom. The summed E-state index contributed by atoms with van der Waals surface area (Å²) in [4.78, 5) is 2.41. The van der Waals surface area contributed by atoms with Gasteiger partial charge >= 0.3 is 0 Å². The van der Waals surface area contributed by atoms with E-state index in [2.05, 4.69) is 36.5 Å². The average molecular weight is 273 g/mol. The fraction of sp³-hybridized carbons (Fsp3) is 0.250. The zero-order valence-corrected chi connectivity index (χ0v) is 12.1. The van der Waals surface area contributed by atoms with Crippen molar-refractivity contribution in [3.8, 4) is 5.75 Å². The van der Waals surface area contributed by atoms with Crippen molar-refractivity contribution in [1.29, 1.82) is 0 Å². The largest absolute Gasteiger partial charge is 0.508 e. The van der Waals surface area contributed by atoms with E-state index in [1.807, 2.05) is 19.2 Å². The molecule has 2 aromatic carbocycles. The quantitative estimate of drug-likeness (QED) is 0.871. The number of likely N-dealkylation sites (N-methyl/N-ethyl adjacent to an activating group) is 1. The van der Waals surface area contributed by atoms with Crippen LogP contribution >= 0.6 is 11.8 Å². The van der Waals surface area contributed by atoms with E-state index in [0.717, 1.165) is 11.3 Å². The molecule has 2 aromatic rings. The predicted octanol–water partition coefficient (Wildman–Crippen LogP) is 3.69. The Kier molecular flexibility index (Phi) is 4.88. The third-order valence-corrected chi connectivity index (χ3v) is 4.18. The first-order valence-corrected chi connectivity index (χ1v) is 7.22. The van der Waals surface area contributed by atoms with Crippen molar-refractivity contribution in [1.82, 2.24) is 5.32 Å². The monoisotopic (exact) mass is 273 g/mol. The lowest BCUT2D eigenvalue weighted by Gasteiger charge is -2.13. The van der Waals surface area contributed by atoms with Crippen molar-refractivity contribution in [2.24, 2.45) is 0 Å². The normalized spacial score (nSPS) is 12.3. The molecule has 0 aliphatic heterocycles. The highest BCUT2D eigenvalue weighted by Gasteiger charge is 2.07. The van der Waals surface area contributed by atoms with Gasteiger partial charge in [0.1, 0.15) is 5.75 Å². The van der Waals surface area contributed by atoms with Gasteiger partial charge in [-0.2, -0.15) is 0 Å². The second-order valence-corrected chi connectivity index (χ2v) is 5.71. The first-order chi connectivity index (χ1) is 9.19. The summed E-state index contributed by atoms with van der Waals surface area (Å²) in [5, 5.41) is 12.6. The molecule has 0 saturated carbocycles. The topological polar surface area (TPSA) is 32.3 Å². The Balaban J connectivity index is 2.17. The number of aromatic hydroxyl groups is 1. The number of hydrogen-bond donors (Lipinski definition) is 2. The van der Waals surface area contributed by atoms with E-state index in [-0.39, 0.29) is 0 Å². The molecular formula is C16H19NOS. The van der Waals surface area contributed by atoms with E-state index in [9.17, 15) is 5.11 Å². The lowest BCUT2D eigenvalue weighted by Crippen LogP contribution is -2.23. The van der Waals surface area contributed by atoms with Crippen molar-refractivity contribution in [2.45, 2.75) is 29.2 Å². The first kappa shape index (κ1) is 14.0. The summed E-state index contributed by atoms with van der Waals surface area (Å²) >= 11 is 1.74. The van der Waals surface area contributed by atoms with Gasteiger partial charge in [0.25, 0.3) is 0 Å². The van der Waals surface area contributed by atoms with Crippen LogP contribution in [-0.4, -0.2) is 18.2 Å². The number of benzene rings is 2. The van der Waals surface area contributed by atoms with Gasteiger partial charge in [0.2, 0.25) is 0 Å². The van der Waals surface area contributed by atoms with Crippen LogP contribution in [0.15, 0.2) is 58.3 Å². The van der Waals surface area contributed by atoms with Gasteiger partial charge in [-0.15, -0.1) is 0 Å². The van der Waals surface area contributed by atoms with Gasteiger partial charge in [-0.25, -0.2) is 0 Å². The summed E-state index contributed by atoms with van der Waals surface area (Å²) < 4.78 is 0. The Morgan fingerprint density at radius 1 is 1.11 bits per heavy atom. The molecule has 0 bridgehead atoms. The third-order valence-electron chi connectivity index (χ3n) is 3.06. The van der Waals surface area contributed by atoms with Gasteiger partial charge in [0.05, 0.1) is 0 Å². The molecule has 3 heteroatoms. The van der Waals surface area contributed by atoms with Crippen molar-refractivity contribution >= 4 is 11.8 Å². The molecule has 0 saturated heterocycles.